The van der Waals surface area contributed by atoms with Crippen molar-refractivity contribution >= 4 is 17.0 Å². The van der Waals surface area contributed by atoms with Crippen molar-refractivity contribution in [2.45, 2.75) is 12.8 Å². The van der Waals surface area contributed by atoms with Crippen LogP contribution >= 0.6 is 0 Å². The lowest BCUT2D eigenvalue weighted by atomic mass is 10.0. The Morgan fingerprint density at radius 2 is 1.90 bits per heavy atom. The van der Waals surface area contributed by atoms with Crippen LogP contribution in [-0.2, 0) is 4.74 Å². The number of imidazole rings is 1. The number of aromatic nitrogens is 2. The van der Waals surface area contributed by atoms with Crippen LogP contribution in [0, 0.1) is 0 Å². The first-order chi connectivity index (χ1) is 10.2. The minimum Gasteiger partial charge on any atom is -0.465 e. The lowest BCUT2D eigenvalue weighted by molar-refractivity contribution is 0.0603. The predicted molar refractivity (Wildman–Crippen MR) is 81.4 cm³/mol. The molecule has 1 N–H and O–H groups in total. The Morgan fingerprint density at radius 3 is 2.62 bits per heavy atom. The molecule has 4 heteroatoms. The maximum atomic E-state index is 11.8. The maximum absolute atomic E-state index is 11.8. The average Bonchev–Trinajstić information content (AvgIpc) is 2.98. The van der Waals surface area contributed by atoms with Crippen molar-refractivity contribution in [2.24, 2.45) is 0 Å². The van der Waals surface area contributed by atoms with E-state index in [9.17, 15) is 4.79 Å². The number of hydrogen-bond donors (Lipinski definition) is 1. The highest BCUT2D eigenvalue weighted by atomic mass is 16.5. The zero-order valence-electron chi connectivity index (χ0n) is 12.0. The molecular formula is C17H16N2O2. The van der Waals surface area contributed by atoms with Gasteiger partial charge < -0.3 is 9.72 Å². The number of fused-ring (bicyclic) bond motifs is 1. The molecule has 0 aliphatic carbocycles. The molecule has 3 aromatic rings. The minimum absolute atomic E-state index is 0.129. The summed E-state index contributed by atoms with van der Waals surface area (Å²) >= 11 is 0. The summed E-state index contributed by atoms with van der Waals surface area (Å²) in [4.78, 5) is 19.7. The van der Waals surface area contributed by atoms with Crippen molar-refractivity contribution in [1.29, 1.82) is 0 Å². The second-order valence-electron chi connectivity index (χ2n) is 4.95. The van der Waals surface area contributed by atoms with E-state index >= 15 is 0 Å². The lowest BCUT2D eigenvalue weighted by Crippen LogP contribution is -2.02. The van der Waals surface area contributed by atoms with Gasteiger partial charge in [0.25, 0.3) is 0 Å². The van der Waals surface area contributed by atoms with E-state index < -0.39 is 0 Å². The number of para-hydroxylation sites is 1. The lowest BCUT2D eigenvalue weighted by Gasteiger charge is -2.07. The number of benzene rings is 2. The van der Waals surface area contributed by atoms with E-state index in [0.29, 0.717) is 11.1 Å². The molecule has 0 amide bonds. The SMILES string of the molecule is COC(=O)c1cccc2[nH]c(C(C)c3ccccc3)nc12. The van der Waals surface area contributed by atoms with E-state index in [1.807, 2.05) is 30.3 Å². The zero-order chi connectivity index (χ0) is 14.8. The number of ether oxygens (including phenoxy) is 1. The van der Waals surface area contributed by atoms with Crippen molar-refractivity contribution < 1.29 is 9.53 Å². The Morgan fingerprint density at radius 1 is 1.14 bits per heavy atom. The van der Waals surface area contributed by atoms with Crippen LogP contribution in [0.3, 0.4) is 0 Å². The Kier molecular flexibility index (Phi) is 3.44. The summed E-state index contributed by atoms with van der Waals surface area (Å²) in [6.45, 7) is 2.09. The third kappa shape index (κ3) is 2.40. The Hall–Kier alpha value is -2.62. The molecular weight excluding hydrogens is 264 g/mol. The molecule has 106 valence electrons. The van der Waals surface area contributed by atoms with Crippen LogP contribution in [0.25, 0.3) is 11.0 Å². The van der Waals surface area contributed by atoms with Gasteiger partial charge in [0.2, 0.25) is 0 Å². The summed E-state index contributed by atoms with van der Waals surface area (Å²) in [7, 11) is 1.38. The van der Waals surface area contributed by atoms with Crippen molar-refractivity contribution in [1.82, 2.24) is 9.97 Å². The second kappa shape index (κ2) is 5.40. The summed E-state index contributed by atoms with van der Waals surface area (Å²) in [5.74, 6) is 0.600. The summed E-state index contributed by atoms with van der Waals surface area (Å²) < 4.78 is 4.81. The number of esters is 1. The van der Waals surface area contributed by atoms with Crippen molar-refractivity contribution in [3.63, 3.8) is 0 Å². The predicted octanol–water partition coefficient (Wildman–Crippen LogP) is 3.50. The van der Waals surface area contributed by atoms with Crippen molar-refractivity contribution in [3.05, 3.63) is 65.5 Å². The molecule has 1 atom stereocenters. The number of carbonyl (C=O) groups is 1. The fourth-order valence-corrected chi connectivity index (χ4v) is 2.43. The van der Waals surface area contributed by atoms with Crippen molar-refractivity contribution in [2.75, 3.05) is 7.11 Å². The minimum atomic E-state index is -0.369. The second-order valence-corrected chi connectivity index (χ2v) is 4.95. The van der Waals surface area contributed by atoms with E-state index in [0.717, 1.165) is 11.3 Å². The third-order valence-corrected chi connectivity index (χ3v) is 3.65. The summed E-state index contributed by atoms with van der Waals surface area (Å²) in [6, 6.07) is 15.6. The smallest absolute Gasteiger partial charge is 0.340 e. The van der Waals surface area contributed by atoms with Gasteiger partial charge in [0.1, 0.15) is 11.3 Å². The molecule has 21 heavy (non-hydrogen) atoms. The largest absolute Gasteiger partial charge is 0.465 e. The van der Waals surface area contributed by atoms with Crippen LogP contribution in [0.1, 0.15) is 34.6 Å². The molecule has 3 rings (SSSR count). The van der Waals surface area contributed by atoms with Gasteiger partial charge in [-0.2, -0.15) is 0 Å². The number of hydrogen-bond acceptors (Lipinski definition) is 3. The molecule has 1 heterocycles. The van der Waals surface area contributed by atoms with Gasteiger partial charge in [-0.15, -0.1) is 0 Å². The first-order valence-electron chi connectivity index (χ1n) is 6.82. The molecule has 0 saturated heterocycles. The number of rotatable bonds is 3. The summed E-state index contributed by atoms with van der Waals surface area (Å²) in [5, 5.41) is 0. The van der Waals surface area contributed by atoms with Gasteiger partial charge in [0.05, 0.1) is 18.2 Å². The summed E-state index contributed by atoms with van der Waals surface area (Å²) in [6.07, 6.45) is 0. The number of nitrogens with zero attached hydrogens (tertiary/aromatic N) is 1. The number of methoxy groups -OCH3 is 1. The number of H-pyrrole nitrogens is 1. The normalized spacial score (nSPS) is 12.3. The standard InChI is InChI=1S/C17H16N2O2/c1-11(12-7-4-3-5-8-12)16-18-14-10-6-9-13(15(14)19-16)17(20)21-2/h3-11H,1-2H3,(H,18,19). The maximum Gasteiger partial charge on any atom is 0.340 e. The molecule has 0 spiro atoms. The molecule has 0 aliphatic heterocycles. The Labute approximate surface area is 122 Å². The van der Waals surface area contributed by atoms with Crippen LogP contribution in [0.15, 0.2) is 48.5 Å². The van der Waals surface area contributed by atoms with E-state index in [1.165, 1.54) is 12.7 Å². The molecule has 0 aliphatic rings. The van der Waals surface area contributed by atoms with Crippen molar-refractivity contribution in [3.8, 4) is 0 Å². The van der Waals surface area contributed by atoms with Gasteiger partial charge in [-0.1, -0.05) is 43.3 Å². The molecule has 1 unspecified atom stereocenters. The van der Waals surface area contributed by atoms with Gasteiger partial charge in [0.15, 0.2) is 0 Å². The van der Waals surface area contributed by atoms with Gasteiger partial charge in [-0.25, -0.2) is 9.78 Å². The van der Waals surface area contributed by atoms with Crippen LogP contribution in [-0.4, -0.2) is 23.0 Å². The summed E-state index contributed by atoms with van der Waals surface area (Å²) in [5.41, 5.74) is 3.16. The van der Waals surface area contributed by atoms with E-state index in [-0.39, 0.29) is 11.9 Å². The van der Waals surface area contributed by atoms with E-state index in [1.54, 1.807) is 6.07 Å². The first kappa shape index (κ1) is 13.4. The average molecular weight is 280 g/mol. The number of carbonyl (C=O) groups excluding carboxylic acids is 1. The highest BCUT2D eigenvalue weighted by molar-refractivity contribution is 6.01. The fourth-order valence-electron chi connectivity index (χ4n) is 2.43. The van der Waals surface area contributed by atoms with Crippen LogP contribution in [0.4, 0.5) is 0 Å². The zero-order valence-corrected chi connectivity index (χ0v) is 12.0. The fraction of sp³-hybridized carbons (Fsp3) is 0.176. The van der Waals surface area contributed by atoms with Gasteiger partial charge in [0, 0.05) is 5.92 Å². The number of aromatic amines is 1. The van der Waals surface area contributed by atoms with E-state index in [4.69, 9.17) is 4.74 Å². The molecule has 2 aromatic carbocycles. The first-order valence-corrected chi connectivity index (χ1v) is 6.82. The van der Waals surface area contributed by atoms with Gasteiger partial charge >= 0.3 is 5.97 Å². The highest BCUT2D eigenvalue weighted by Gasteiger charge is 2.17. The monoisotopic (exact) mass is 280 g/mol. The quantitative estimate of drug-likeness (QED) is 0.747. The topological polar surface area (TPSA) is 55.0 Å². The van der Waals surface area contributed by atoms with Gasteiger partial charge in [-0.05, 0) is 17.7 Å². The highest BCUT2D eigenvalue weighted by Crippen LogP contribution is 2.25. The van der Waals surface area contributed by atoms with Crippen LogP contribution in [0.5, 0.6) is 0 Å². The third-order valence-electron chi connectivity index (χ3n) is 3.65. The molecule has 0 bridgehead atoms. The van der Waals surface area contributed by atoms with Crippen LogP contribution in [0.2, 0.25) is 0 Å². The van der Waals surface area contributed by atoms with Gasteiger partial charge in [-0.3, -0.25) is 0 Å². The molecule has 0 fully saturated rings. The Balaban J connectivity index is 2.07. The molecule has 0 saturated carbocycles. The molecule has 0 radical (unpaired) electrons. The van der Waals surface area contributed by atoms with E-state index in [2.05, 4.69) is 29.0 Å². The number of nitrogens with one attached hydrogen (secondary N) is 1. The molecule has 1 aromatic heterocycles. The van der Waals surface area contributed by atoms with Crippen LogP contribution < -0.4 is 0 Å². The Bertz CT molecular complexity index is 778. The molecule has 4 nitrogen and oxygen atoms in total.